The van der Waals surface area contributed by atoms with Crippen molar-refractivity contribution in [3.63, 3.8) is 0 Å². The summed E-state index contributed by atoms with van der Waals surface area (Å²) in [5, 5.41) is 5.76. The Morgan fingerprint density at radius 3 is 2.36 bits per heavy atom. The molecule has 0 spiro atoms. The molecule has 2 N–H and O–H groups in total. The standard InChI is InChI=1S/C22H29N3O3/c1-5-17-10-12-18(13-11-17)24-22(27)16(3)25(6-2)15-21(26)23-19-8-7-9-20(14-19)28-4/h7-14,16H,5-6,15H2,1-4H3,(H,23,26)(H,24,27). The molecule has 2 amide bonds. The van der Waals surface area contributed by atoms with Gasteiger partial charge in [0.15, 0.2) is 0 Å². The first-order valence-corrected chi connectivity index (χ1v) is 9.54. The van der Waals surface area contributed by atoms with Crippen LogP contribution in [0.15, 0.2) is 48.5 Å². The van der Waals surface area contributed by atoms with Crippen LogP contribution < -0.4 is 15.4 Å². The summed E-state index contributed by atoms with van der Waals surface area (Å²) in [7, 11) is 1.58. The predicted molar refractivity (Wildman–Crippen MR) is 113 cm³/mol. The van der Waals surface area contributed by atoms with Crippen LogP contribution in [0, 0.1) is 0 Å². The Labute approximate surface area is 166 Å². The van der Waals surface area contributed by atoms with Crippen LogP contribution >= 0.6 is 0 Å². The number of rotatable bonds is 9. The second-order valence-corrected chi connectivity index (χ2v) is 6.56. The lowest BCUT2D eigenvalue weighted by Gasteiger charge is -2.26. The van der Waals surface area contributed by atoms with Crippen molar-refractivity contribution in [2.24, 2.45) is 0 Å². The summed E-state index contributed by atoms with van der Waals surface area (Å²) < 4.78 is 5.16. The molecular weight excluding hydrogens is 354 g/mol. The third-order valence-electron chi connectivity index (χ3n) is 4.66. The first-order chi connectivity index (χ1) is 13.5. The first-order valence-electron chi connectivity index (χ1n) is 9.54. The Kier molecular flexibility index (Phi) is 8.02. The Hall–Kier alpha value is -2.86. The Morgan fingerprint density at radius 2 is 1.75 bits per heavy atom. The zero-order valence-electron chi connectivity index (χ0n) is 17.0. The third kappa shape index (κ3) is 6.09. The van der Waals surface area contributed by atoms with Crippen LogP contribution in [0.1, 0.15) is 26.3 Å². The molecule has 0 aliphatic rings. The molecule has 0 saturated heterocycles. The number of hydrogen-bond donors (Lipinski definition) is 2. The van der Waals surface area contributed by atoms with E-state index in [-0.39, 0.29) is 18.4 Å². The number of anilines is 2. The maximum atomic E-state index is 12.6. The molecule has 0 bridgehead atoms. The van der Waals surface area contributed by atoms with Crippen molar-refractivity contribution in [2.75, 3.05) is 30.8 Å². The van der Waals surface area contributed by atoms with Gasteiger partial charge in [0.1, 0.15) is 5.75 Å². The molecule has 0 aromatic heterocycles. The number of nitrogens with zero attached hydrogens (tertiary/aromatic N) is 1. The van der Waals surface area contributed by atoms with Crippen LogP contribution in [0.25, 0.3) is 0 Å². The molecule has 0 saturated carbocycles. The SMILES string of the molecule is CCc1ccc(NC(=O)C(C)N(CC)CC(=O)Nc2cccc(OC)c2)cc1. The maximum Gasteiger partial charge on any atom is 0.241 e. The van der Waals surface area contributed by atoms with E-state index in [1.807, 2.05) is 48.2 Å². The van der Waals surface area contributed by atoms with Crippen LogP contribution in [0.3, 0.4) is 0 Å². The number of likely N-dealkylation sites (N-methyl/N-ethyl adjacent to an activating group) is 1. The van der Waals surface area contributed by atoms with E-state index in [1.165, 1.54) is 5.56 Å². The molecule has 1 unspecified atom stereocenters. The molecular formula is C22H29N3O3. The molecule has 28 heavy (non-hydrogen) atoms. The number of benzene rings is 2. The number of aryl methyl sites for hydroxylation is 1. The van der Waals surface area contributed by atoms with Crippen molar-refractivity contribution in [1.82, 2.24) is 4.90 Å². The zero-order chi connectivity index (χ0) is 20.5. The van der Waals surface area contributed by atoms with E-state index in [0.29, 0.717) is 18.0 Å². The van der Waals surface area contributed by atoms with E-state index in [4.69, 9.17) is 4.74 Å². The minimum atomic E-state index is -0.438. The lowest BCUT2D eigenvalue weighted by Crippen LogP contribution is -2.45. The molecule has 0 aliphatic heterocycles. The van der Waals surface area contributed by atoms with Gasteiger partial charge in [-0.05, 0) is 49.7 Å². The van der Waals surface area contributed by atoms with E-state index < -0.39 is 6.04 Å². The zero-order valence-corrected chi connectivity index (χ0v) is 17.0. The van der Waals surface area contributed by atoms with Gasteiger partial charge in [0, 0.05) is 17.4 Å². The number of nitrogens with one attached hydrogen (secondary N) is 2. The fourth-order valence-corrected chi connectivity index (χ4v) is 2.84. The fourth-order valence-electron chi connectivity index (χ4n) is 2.84. The van der Waals surface area contributed by atoms with Crippen LogP contribution in [-0.4, -0.2) is 43.0 Å². The number of carbonyl (C=O) groups excluding carboxylic acids is 2. The summed E-state index contributed by atoms with van der Waals surface area (Å²) in [5.74, 6) is 0.356. The summed E-state index contributed by atoms with van der Waals surface area (Å²) in [4.78, 5) is 26.8. The highest BCUT2D eigenvalue weighted by Crippen LogP contribution is 2.17. The van der Waals surface area contributed by atoms with Gasteiger partial charge in [-0.25, -0.2) is 0 Å². The highest BCUT2D eigenvalue weighted by Gasteiger charge is 2.22. The number of ether oxygens (including phenoxy) is 1. The lowest BCUT2D eigenvalue weighted by atomic mass is 10.1. The summed E-state index contributed by atoms with van der Waals surface area (Å²) in [5.41, 5.74) is 2.63. The van der Waals surface area contributed by atoms with Crippen molar-refractivity contribution < 1.29 is 14.3 Å². The summed E-state index contributed by atoms with van der Waals surface area (Å²) in [6.45, 7) is 6.52. The smallest absolute Gasteiger partial charge is 0.241 e. The third-order valence-corrected chi connectivity index (χ3v) is 4.66. The average Bonchev–Trinajstić information content (AvgIpc) is 2.72. The van der Waals surface area contributed by atoms with Gasteiger partial charge < -0.3 is 15.4 Å². The lowest BCUT2D eigenvalue weighted by molar-refractivity contribution is -0.123. The summed E-state index contributed by atoms with van der Waals surface area (Å²) >= 11 is 0. The minimum absolute atomic E-state index is 0.122. The van der Waals surface area contributed by atoms with Crippen molar-refractivity contribution >= 4 is 23.2 Å². The predicted octanol–water partition coefficient (Wildman–Crippen LogP) is 3.55. The Morgan fingerprint density at radius 1 is 1.04 bits per heavy atom. The number of carbonyl (C=O) groups is 2. The molecule has 2 aromatic rings. The van der Waals surface area contributed by atoms with Crippen LogP contribution in [0.2, 0.25) is 0 Å². The largest absolute Gasteiger partial charge is 0.497 e. The highest BCUT2D eigenvalue weighted by molar-refractivity contribution is 5.96. The van der Waals surface area contributed by atoms with Crippen molar-refractivity contribution in [3.8, 4) is 5.75 Å². The Balaban J connectivity index is 1.94. The van der Waals surface area contributed by atoms with E-state index in [0.717, 1.165) is 12.1 Å². The van der Waals surface area contributed by atoms with Crippen LogP contribution in [0.4, 0.5) is 11.4 Å². The number of methoxy groups -OCH3 is 1. The fraction of sp³-hybridized carbons (Fsp3) is 0.364. The highest BCUT2D eigenvalue weighted by atomic mass is 16.5. The van der Waals surface area contributed by atoms with Gasteiger partial charge in [0.05, 0.1) is 19.7 Å². The van der Waals surface area contributed by atoms with E-state index in [1.54, 1.807) is 26.2 Å². The molecule has 6 nitrogen and oxygen atoms in total. The van der Waals surface area contributed by atoms with Gasteiger partial charge in [0.2, 0.25) is 11.8 Å². The number of hydrogen-bond acceptors (Lipinski definition) is 4. The van der Waals surface area contributed by atoms with Gasteiger partial charge in [-0.2, -0.15) is 0 Å². The average molecular weight is 383 g/mol. The molecule has 0 heterocycles. The topological polar surface area (TPSA) is 70.7 Å². The normalized spacial score (nSPS) is 11.8. The van der Waals surface area contributed by atoms with E-state index in [2.05, 4.69) is 17.6 Å². The van der Waals surface area contributed by atoms with E-state index >= 15 is 0 Å². The first kappa shape index (κ1) is 21.4. The molecule has 0 fully saturated rings. The summed E-state index contributed by atoms with van der Waals surface area (Å²) in [6.07, 6.45) is 0.955. The summed E-state index contributed by atoms with van der Waals surface area (Å²) in [6, 6.07) is 14.5. The van der Waals surface area contributed by atoms with Crippen LogP contribution in [0.5, 0.6) is 5.75 Å². The molecule has 1 atom stereocenters. The number of amides is 2. The second kappa shape index (κ2) is 10.5. The quantitative estimate of drug-likeness (QED) is 0.695. The van der Waals surface area contributed by atoms with Crippen molar-refractivity contribution in [1.29, 1.82) is 0 Å². The van der Waals surface area contributed by atoms with Crippen LogP contribution in [-0.2, 0) is 16.0 Å². The molecule has 150 valence electrons. The Bertz CT molecular complexity index is 790. The van der Waals surface area contributed by atoms with Crippen molar-refractivity contribution in [3.05, 3.63) is 54.1 Å². The minimum Gasteiger partial charge on any atom is -0.497 e. The van der Waals surface area contributed by atoms with Gasteiger partial charge in [0.25, 0.3) is 0 Å². The maximum absolute atomic E-state index is 12.6. The second-order valence-electron chi connectivity index (χ2n) is 6.56. The molecule has 0 radical (unpaired) electrons. The van der Waals surface area contributed by atoms with Crippen molar-refractivity contribution in [2.45, 2.75) is 33.2 Å². The monoisotopic (exact) mass is 383 g/mol. The van der Waals surface area contributed by atoms with Gasteiger partial charge in [-0.3, -0.25) is 14.5 Å². The molecule has 2 aromatic carbocycles. The molecule has 6 heteroatoms. The van der Waals surface area contributed by atoms with Gasteiger partial charge in [-0.15, -0.1) is 0 Å². The molecule has 2 rings (SSSR count). The van der Waals surface area contributed by atoms with Gasteiger partial charge >= 0.3 is 0 Å². The molecule has 0 aliphatic carbocycles. The van der Waals surface area contributed by atoms with Gasteiger partial charge in [-0.1, -0.05) is 32.0 Å². The van der Waals surface area contributed by atoms with E-state index in [9.17, 15) is 9.59 Å².